The maximum atomic E-state index is 6.28. The molecule has 0 amide bonds. The molecule has 0 aromatic carbocycles. The summed E-state index contributed by atoms with van der Waals surface area (Å²) in [7, 11) is 24.5. The Hall–Kier alpha value is 1.59. The van der Waals surface area contributed by atoms with Gasteiger partial charge in [-0.2, -0.15) is 0 Å². The van der Waals surface area contributed by atoms with Crippen LogP contribution in [0.5, 0.6) is 0 Å². The highest BCUT2D eigenvalue weighted by Crippen LogP contribution is 2.47. The molecule has 0 aliphatic rings. The fourth-order valence-corrected chi connectivity index (χ4v) is 17.0. The number of nitrogens with zero attached hydrogens (tertiary/aromatic N) is 4. The summed E-state index contributed by atoms with van der Waals surface area (Å²) in [5.74, 6) is -0.697. The molecule has 0 radical (unpaired) electrons. The molecule has 0 heterocycles. The molecule has 0 N–H and O–H groups in total. The molecule has 0 aliphatic carbocycles. The molecule has 0 aromatic heterocycles. The molecular weight excluding hydrogens is 513 g/mol. The SMILES string of the molecule is C[SiH2]C(CCOC(C)(N(C)C)N(C)C)SSSSC(CCOC(C)(N(C)C)N(C)C)[SiH2]C. The third-order valence-corrected chi connectivity index (χ3v) is 20.2. The van der Waals surface area contributed by atoms with Crippen molar-refractivity contribution in [2.24, 2.45) is 0 Å². The van der Waals surface area contributed by atoms with Gasteiger partial charge in [-0.1, -0.05) is 34.7 Å². The van der Waals surface area contributed by atoms with E-state index in [1.807, 2.05) is 19.7 Å². The molecule has 0 aliphatic heterocycles. The average Bonchev–Trinajstić information content (AvgIpc) is 2.72. The van der Waals surface area contributed by atoms with Crippen LogP contribution in [0.1, 0.15) is 26.7 Å². The van der Waals surface area contributed by atoms with Crippen LogP contribution in [0, 0.1) is 0 Å². The van der Waals surface area contributed by atoms with Crippen molar-refractivity contribution in [3.63, 3.8) is 0 Å². The molecule has 0 bridgehead atoms. The van der Waals surface area contributed by atoms with Gasteiger partial charge in [0.1, 0.15) is 0 Å². The summed E-state index contributed by atoms with van der Waals surface area (Å²) in [6.45, 7) is 10.7. The molecule has 6 nitrogen and oxygen atoms in total. The molecule has 0 saturated heterocycles. The van der Waals surface area contributed by atoms with E-state index < -0.39 is 0 Å². The summed E-state index contributed by atoms with van der Waals surface area (Å²) in [6.07, 6.45) is 2.27. The highest BCUT2D eigenvalue weighted by atomic mass is 33.7. The minimum atomic E-state index is -0.349. The highest BCUT2D eigenvalue weighted by molar-refractivity contribution is 9.26. The van der Waals surface area contributed by atoms with Gasteiger partial charge >= 0.3 is 0 Å². The fraction of sp³-hybridized carbons (Fsp3) is 1.00. The number of hydrogen-bond acceptors (Lipinski definition) is 10. The first kappa shape index (κ1) is 33.6. The molecule has 0 rings (SSSR count). The highest BCUT2D eigenvalue weighted by Gasteiger charge is 2.31. The quantitative estimate of drug-likeness (QED) is 0.101. The van der Waals surface area contributed by atoms with Crippen LogP contribution >= 0.6 is 41.2 Å². The van der Waals surface area contributed by atoms with E-state index in [9.17, 15) is 0 Å². The lowest BCUT2D eigenvalue weighted by molar-refractivity contribution is -0.207. The summed E-state index contributed by atoms with van der Waals surface area (Å²) in [4.78, 5) is 10.1. The van der Waals surface area contributed by atoms with Gasteiger partial charge in [-0.25, -0.2) is 0 Å². The average molecular weight is 563 g/mol. The normalized spacial score (nSPS) is 16.1. The monoisotopic (exact) mass is 562 g/mol. The smallest absolute Gasteiger partial charge is 0.175 e. The number of ether oxygens (including phenoxy) is 2. The van der Waals surface area contributed by atoms with Crippen LogP contribution in [0.3, 0.4) is 0 Å². The van der Waals surface area contributed by atoms with Crippen LogP contribution in [0.25, 0.3) is 0 Å². The van der Waals surface area contributed by atoms with Crippen LogP contribution < -0.4 is 0 Å². The fourth-order valence-electron chi connectivity index (χ4n) is 2.87. The lowest BCUT2D eigenvalue weighted by atomic mass is 10.4. The zero-order valence-corrected chi connectivity index (χ0v) is 28.7. The van der Waals surface area contributed by atoms with E-state index in [4.69, 9.17) is 9.47 Å². The molecule has 0 aromatic rings. The van der Waals surface area contributed by atoms with E-state index in [2.05, 4.69) is 125 Å². The van der Waals surface area contributed by atoms with Gasteiger partial charge in [0.25, 0.3) is 0 Å². The summed E-state index contributed by atoms with van der Waals surface area (Å²) in [6, 6.07) is 0. The van der Waals surface area contributed by atoms with Crippen molar-refractivity contribution < 1.29 is 9.47 Å². The first-order chi connectivity index (χ1) is 14.8. The van der Waals surface area contributed by atoms with Crippen molar-refractivity contribution in [1.29, 1.82) is 0 Å². The van der Waals surface area contributed by atoms with Crippen LogP contribution in [-0.2, 0) is 9.47 Å². The zero-order valence-electron chi connectivity index (χ0n) is 22.6. The Labute approximate surface area is 219 Å². The van der Waals surface area contributed by atoms with Gasteiger partial charge in [0, 0.05) is 28.8 Å². The Morgan fingerprint density at radius 2 is 0.906 bits per heavy atom. The van der Waals surface area contributed by atoms with Gasteiger partial charge in [-0.3, -0.25) is 19.6 Å². The molecule has 2 unspecified atom stereocenters. The van der Waals surface area contributed by atoms with Crippen LogP contribution in [0.2, 0.25) is 13.1 Å². The van der Waals surface area contributed by atoms with Crippen LogP contribution in [-0.4, -0.2) is 130 Å². The van der Waals surface area contributed by atoms with Crippen molar-refractivity contribution in [3.8, 4) is 0 Å². The Kier molecular flexibility index (Phi) is 18.0. The van der Waals surface area contributed by atoms with Gasteiger partial charge in [0.15, 0.2) is 11.7 Å². The van der Waals surface area contributed by atoms with Crippen molar-refractivity contribution in [3.05, 3.63) is 0 Å². The van der Waals surface area contributed by atoms with Crippen molar-refractivity contribution >= 4 is 60.3 Å². The largest absolute Gasteiger partial charge is 0.347 e. The van der Waals surface area contributed by atoms with E-state index in [1.54, 1.807) is 0 Å². The second-order valence-electron chi connectivity index (χ2n) is 9.11. The number of rotatable bonds is 19. The Morgan fingerprint density at radius 3 is 1.12 bits per heavy atom. The standard InChI is InChI=1S/C20H50N4O2S4Si2/c1-19(21(3)4,22(5)6)25-15-13-17(31-11)27-29-30-28-18(32-12)14-16-26-20(2,23(7)8)24(9)10/h17-18H,13-16,31-32H2,1-12H3. The van der Waals surface area contributed by atoms with Gasteiger partial charge < -0.3 is 9.47 Å². The lowest BCUT2D eigenvalue weighted by Gasteiger charge is -2.41. The van der Waals surface area contributed by atoms with Gasteiger partial charge in [-0.15, -0.1) is 0 Å². The molecule has 194 valence electrons. The topological polar surface area (TPSA) is 31.4 Å². The van der Waals surface area contributed by atoms with Crippen LogP contribution in [0.15, 0.2) is 0 Å². The molecule has 12 heteroatoms. The number of hydrogen-bond donors (Lipinski definition) is 0. The third-order valence-electron chi connectivity index (χ3n) is 6.24. The van der Waals surface area contributed by atoms with Crippen LogP contribution in [0.4, 0.5) is 0 Å². The van der Waals surface area contributed by atoms with Gasteiger partial charge in [-0.05, 0) is 103 Å². The Bertz CT molecular complexity index is 437. The second-order valence-corrected chi connectivity index (χ2v) is 20.3. The second kappa shape index (κ2) is 17.1. The Balaban J connectivity index is 4.29. The van der Waals surface area contributed by atoms with E-state index in [-0.39, 0.29) is 30.7 Å². The Morgan fingerprint density at radius 1 is 0.625 bits per heavy atom. The van der Waals surface area contributed by atoms with Crippen molar-refractivity contribution in [2.75, 3.05) is 69.6 Å². The molecule has 0 fully saturated rings. The molecule has 0 spiro atoms. The third kappa shape index (κ3) is 11.6. The minimum absolute atomic E-state index is 0.0806. The molecule has 2 atom stereocenters. The molecule has 32 heavy (non-hydrogen) atoms. The first-order valence-corrected chi connectivity index (χ1v) is 20.9. The summed E-state index contributed by atoms with van der Waals surface area (Å²) >= 11 is 0. The molecular formula is C20H50N4O2S4Si2. The summed E-state index contributed by atoms with van der Waals surface area (Å²) < 4.78 is 12.6. The van der Waals surface area contributed by atoms with Crippen molar-refractivity contribution in [1.82, 2.24) is 19.6 Å². The summed E-state index contributed by atoms with van der Waals surface area (Å²) in [5, 5.41) is 0. The predicted octanol–water partition coefficient (Wildman–Crippen LogP) is 3.16. The molecule has 0 saturated carbocycles. The zero-order chi connectivity index (χ0) is 24.9. The summed E-state index contributed by atoms with van der Waals surface area (Å²) in [5.41, 5.74) is 0. The van der Waals surface area contributed by atoms with E-state index in [1.165, 1.54) is 0 Å². The minimum Gasteiger partial charge on any atom is -0.347 e. The predicted molar refractivity (Wildman–Crippen MR) is 159 cm³/mol. The van der Waals surface area contributed by atoms with Gasteiger partial charge in [0.2, 0.25) is 0 Å². The maximum Gasteiger partial charge on any atom is 0.175 e. The van der Waals surface area contributed by atoms with E-state index >= 15 is 0 Å². The van der Waals surface area contributed by atoms with Gasteiger partial charge in [0.05, 0.1) is 13.2 Å². The van der Waals surface area contributed by atoms with Crippen molar-refractivity contribution in [2.45, 2.75) is 61.2 Å². The maximum absolute atomic E-state index is 6.28. The van der Waals surface area contributed by atoms with E-state index in [0.717, 1.165) is 35.8 Å². The first-order valence-electron chi connectivity index (χ1n) is 11.5. The lowest BCUT2D eigenvalue weighted by Crippen LogP contribution is -2.55. The van der Waals surface area contributed by atoms with E-state index in [0.29, 0.717) is 0 Å².